The van der Waals surface area contributed by atoms with Crippen molar-refractivity contribution < 1.29 is 23.5 Å². The lowest BCUT2D eigenvalue weighted by molar-refractivity contribution is -0.124. The standard InChI is InChI=1S/C29H28ClF2N5O3/c30-18-12-20(24(25(31)32)34-13-18)27(39)35-19-9-7-17(8-10-19)14-37-22-5-2-1-4-21(22)29(28(37)40)15-36(16-29)26-23(38)6-3-11-33-26/h1-6,11-13,17,19,25,38H,7-10,14-16H2,(H,35,39)/t17-,19-. The van der Waals surface area contributed by atoms with E-state index >= 15 is 0 Å². The van der Waals surface area contributed by atoms with E-state index in [1.807, 2.05) is 34.1 Å². The first kappa shape index (κ1) is 26.4. The monoisotopic (exact) mass is 567 g/mol. The molecule has 1 saturated carbocycles. The second-order valence-corrected chi connectivity index (χ2v) is 11.2. The summed E-state index contributed by atoms with van der Waals surface area (Å²) in [4.78, 5) is 38.4. The number of carbonyl (C=O) groups is 2. The van der Waals surface area contributed by atoms with Crippen molar-refractivity contribution in [1.29, 1.82) is 0 Å². The van der Waals surface area contributed by atoms with Crippen LogP contribution in [-0.4, -0.2) is 52.6 Å². The van der Waals surface area contributed by atoms with Crippen molar-refractivity contribution in [2.75, 3.05) is 29.4 Å². The first-order chi connectivity index (χ1) is 19.3. The molecule has 1 aliphatic carbocycles. The number of aromatic hydroxyl groups is 1. The van der Waals surface area contributed by atoms with Crippen molar-refractivity contribution >= 4 is 34.9 Å². The van der Waals surface area contributed by atoms with Gasteiger partial charge in [-0.1, -0.05) is 29.8 Å². The molecule has 2 aliphatic heterocycles. The van der Waals surface area contributed by atoms with Crippen LogP contribution in [0.2, 0.25) is 5.02 Å². The summed E-state index contributed by atoms with van der Waals surface area (Å²) in [5.74, 6) is 0.262. The zero-order valence-electron chi connectivity index (χ0n) is 21.6. The summed E-state index contributed by atoms with van der Waals surface area (Å²) in [5.41, 5.74) is 0.462. The number of pyridine rings is 2. The molecular formula is C29H28ClF2N5O3. The van der Waals surface area contributed by atoms with Crippen LogP contribution < -0.4 is 15.1 Å². The van der Waals surface area contributed by atoms with Gasteiger partial charge in [0.25, 0.3) is 12.3 Å². The van der Waals surface area contributed by atoms with Crippen LogP contribution in [0.1, 0.15) is 53.7 Å². The Hall–Kier alpha value is -3.79. The number of halogens is 3. The number of nitrogens with one attached hydrogen (secondary N) is 1. The maximum atomic E-state index is 13.9. The Morgan fingerprint density at radius 2 is 1.88 bits per heavy atom. The molecule has 11 heteroatoms. The number of anilines is 2. The SMILES string of the molecule is O=C(N[C@H]1CC[C@H](CN2C(=O)C3(CN(c4ncccc4O)C3)c3ccccc32)CC1)c1cc(Cl)cnc1C(F)F. The van der Waals surface area contributed by atoms with Crippen molar-refractivity contribution in [3.63, 3.8) is 0 Å². The van der Waals surface area contributed by atoms with Gasteiger partial charge in [-0.05, 0) is 61.4 Å². The van der Waals surface area contributed by atoms with E-state index in [1.54, 1.807) is 18.3 Å². The molecule has 1 spiro atoms. The first-order valence-electron chi connectivity index (χ1n) is 13.3. The second-order valence-electron chi connectivity index (χ2n) is 10.8. The highest BCUT2D eigenvalue weighted by atomic mass is 35.5. The number of hydrogen-bond acceptors (Lipinski definition) is 6. The number of hydrogen-bond donors (Lipinski definition) is 2. The molecule has 2 amide bonds. The molecule has 1 saturated heterocycles. The highest BCUT2D eigenvalue weighted by Crippen LogP contribution is 2.49. The molecule has 0 atom stereocenters. The molecular weight excluding hydrogens is 540 g/mol. The average Bonchev–Trinajstić information content (AvgIpc) is 3.17. The van der Waals surface area contributed by atoms with E-state index in [-0.39, 0.29) is 34.2 Å². The van der Waals surface area contributed by atoms with Gasteiger partial charge in [-0.2, -0.15) is 0 Å². The van der Waals surface area contributed by atoms with E-state index < -0.39 is 23.4 Å². The molecule has 3 aliphatic rings. The minimum Gasteiger partial charge on any atom is -0.504 e. The minimum absolute atomic E-state index is 0.0591. The van der Waals surface area contributed by atoms with E-state index in [2.05, 4.69) is 15.3 Å². The molecule has 3 aromatic rings. The summed E-state index contributed by atoms with van der Waals surface area (Å²) in [6, 6.07) is 12.2. The Morgan fingerprint density at radius 1 is 1.12 bits per heavy atom. The van der Waals surface area contributed by atoms with Crippen LogP contribution in [0.3, 0.4) is 0 Å². The predicted octanol–water partition coefficient (Wildman–Crippen LogP) is 4.87. The van der Waals surface area contributed by atoms with Gasteiger partial charge in [0, 0.05) is 43.8 Å². The number of amides is 2. The van der Waals surface area contributed by atoms with Crippen LogP contribution in [0, 0.1) is 5.92 Å². The molecule has 0 unspecified atom stereocenters. The Labute approximate surface area is 235 Å². The number of benzene rings is 1. The molecule has 1 aromatic carbocycles. The zero-order chi connectivity index (χ0) is 28.0. The first-order valence-corrected chi connectivity index (χ1v) is 13.7. The lowest BCUT2D eigenvalue weighted by Gasteiger charge is -2.47. The molecule has 0 radical (unpaired) electrons. The predicted molar refractivity (Wildman–Crippen MR) is 146 cm³/mol. The third-order valence-electron chi connectivity index (χ3n) is 8.31. The maximum Gasteiger partial charge on any atom is 0.281 e. The van der Waals surface area contributed by atoms with Crippen molar-refractivity contribution in [3.8, 4) is 5.75 Å². The fourth-order valence-corrected chi connectivity index (χ4v) is 6.44. The topological polar surface area (TPSA) is 98.7 Å². The van der Waals surface area contributed by atoms with Crippen LogP contribution >= 0.6 is 11.6 Å². The van der Waals surface area contributed by atoms with Crippen LogP contribution in [0.15, 0.2) is 54.9 Å². The van der Waals surface area contributed by atoms with Gasteiger partial charge in [-0.3, -0.25) is 14.6 Å². The van der Waals surface area contributed by atoms with Crippen LogP contribution in [0.25, 0.3) is 0 Å². The largest absolute Gasteiger partial charge is 0.504 e. The molecule has 0 bridgehead atoms. The zero-order valence-corrected chi connectivity index (χ0v) is 22.3. The van der Waals surface area contributed by atoms with Gasteiger partial charge in [-0.15, -0.1) is 0 Å². The van der Waals surface area contributed by atoms with Gasteiger partial charge < -0.3 is 20.2 Å². The lowest BCUT2D eigenvalue weighted by Crippen LogP contribution is -2.64. The van der Waals surface area contributed by atoms with Crippen LogP contribution in [-0.2, 0) is 10.2 Å². The van der Waals surface area contributed by atoms with Gasteiger partial charge in [0.2, 0.25) is 5.91 Å². The van der Waals surface area contributed by atoms with Crippen molar-refractivity contribution in [1.82, 2.24) is 15.3 Å². The molecule has 6 rings (SSSR count). The third-order valence-corrected chi connectivity index (χ3v) is 8.52. The van der Waals surface area contributed by atoms with Crippen molar-refractivity contribution in [2.45, 2.75) is 43.6 Å². The average molecular weight is 568 g/mol. The van der Waals surface area contributed by atoms with Gasteiger partial charge in [0.15, 0.2) is 11.6 Å². The van der Waals surface area contributed by atoms with E-state index in [1.165, 1.54) is 6.07 Å². The number of carbonyl (C=O) groups excluding carboxylic acids is 2. The fraction of sp³-hybridized carbons (Fsp3) is 0.379. The number of rotatable bonds is 6. The molecule has 4 heterocycles. The maximum absolute atomic E-state index is 13.9. The van der Waals surface area contributed by atoms with Crippen LogP contribution in [0.4, 0.5) is 20.3 Å². The van der Waals surface area contributed by atoms with Gasteiger partial charge in [-0.25, -0.2) is 13.8 Å². The van der Waals surface area contributed by atoms with Crippen molar-refractivity contribution in [3.05, 3.63) is 76.7 Å². The van der Waals surface area contributed by atoms with Gasteiger partial charge in [0.05, 0.1) is 10.6 Å². The van der Waals surface area contributed by atoms with Gasteiger partial charge >= 0.3 is 0 Å². The summed E-state index contributed by atoms with van der Waals surface area (Å²) in [7, 11) is 0. The molecule has 2 fully saturated rings. The number of alkyl halides is 2. The van der Waals surface area contributed by atoms with Gasteiger partial charge in [0.1, 0.15) is 11.1 Å². The number of para-hydroxylation sites is 1. The summed E-state index contributed by atoms with van der Waals surface area (Å²) >= 11 is 5.90. The van der Waals surface area contributed by atoms with E-state index in [0.29, 0.717) is 38.3 Å². The Morgan fingerprint density at radius 3 is 2.60 bits per heavy atom. The molecule has 2 aromatic heterocycles. The highest BCUT2D eigenvalue weighted by Gasteiger charge is 2.58. The van der Waals surface area contributed by atoms with E-state index in [9.17, 15) is 23.5 Å². The molecule has 208 valence electrons. The summed E-state index contributed by atoms with van der Waals surface area (Å²) in [5, 5.41) is 13.2. The van der Waals surface area contributed by atoms with Crippen molar-refractivity contribution in [2.24, 2.45) is 5.92 Å². The Balaban J connectivity index is 1.10. The molecule has 8 nitrogen and oxygen atoms in total. The number of nitrogens with zero attached hydrogens (tertiary/aromatic N) is 4. The van der Waals surface area contributed by atoms with Crippen LogP contribution in [0.5, 0.6) is 5.75 Å². The lowest BCUT2D eigenvalue weighted by atomic mass is 9.74. The van der Waals surface area contributed by atoms with E-state index in [4.69, 9.17) is 11.6 Å². The van der Waals surface area contributed by atoms with E-state index in [0.717, 1.165) is 30.3 Å². The number of aromatic nitrogens is 2. The summed E-state index contributed by atoms with van der Waals surface area (Å²) in [6.45, 7) is 1.46. The highest BCUT2D eigenvalue weighted by molar-refractivity contribution is 6.30. The smallest absolute Gasteiger partial charge is 0.281 e. The normalized spacial score (nSPS) is 21.4. The quantitative estimate of drug-likeness (QED) is 0.441. The molecule has 2 N–H and O–H groups in total. The summed E-state index contributed by atoms with van der Waals surface area (Å²) in [6.07, 6.45) is 2.78. The number of fused-ring (bicyclic) bond motifs is 2. The summed E-state index contributed by atoms with van der Waals surface area (Å²) < 4.78 is 26.7. The third kappa shape index (κ3) is 4.54. The second kappa shape index (κ2) is 10.3. The fourth-order valence-electron chi connectivity index (χ4n) is 6.29. The Kier molecular flexibility index (Phi) is 6.82. The Bertz CT molecular complexity index is 1460. The minimum atomic E-state index is -2.88. The molecule has 40 heavy (non-hydrogen) atoms.